The Balaban J connectivity index is 1.99. The number of carbonyl (C=O) groups is 1. The largest absolute Gasteiger partial charge is 0.497 e. The van der Waals surface area contributed by atoms with E-state index in [0.29, 0.717) is 17.1 Å². The summed E-state index contributed by atoms with van der Waals surface area (Å²) in [6.45, 7) is 4.03. The molecule has 3 rings (SSSR count). The average molecular weight is 337 g/mol. The first-order chi connectivity index (χ1) is 12.0. The molecule has 1 aliphatic rings. The Kier molecular flexibility index (Phi) is 4.57. The minimum Gasteiger partial charge on any atom is -0.497 e. The van der Waals surface area contributed by atoms with Crippen LogP contribution in [0.3, 0.4) is 0 Å². The first-order valence-corrected chi connectivity index (χ1v) is 7.83. The quantitative estimate of drug-likeness (QED) is 0.631. The van der Waals surface area contributed by atoms with Gasteiger partial charge in [0.1, 0.15) is 11.5 Å². The molecule has 25 heavy (non-hydrogen) atoms. The van der Waals surface area contributed by atoms with Crippen molar-refractivity contribution in [2.24, 2.45) is 4.99 Å². The van der Waals surface area contributed by atoms with Gasteiger partial charge < -0.3 is 14.2 Å². The summed E-state index contributed by atoms with van der Waals surface area (Å²) in [6, 6.07) is 11.3. The fraction of sp³-hybridized carbons (Fsp3) is 0.200. The molecule has 0 saturated heterocycles. The van der Waals surface area contributed by atoms with Crippen LogP contribution in [0.5, 0.6) is 11.5 Å². The molecule has 0 fully saturated rings. The predicted molar refractivity (Wildman–Crippen MR) is 96.1 cm³/mol. The third-order valence-electron chi connectivity index (χ3n) is 3.94. The van der Waals surface area contributed by atoms with E-state index in [2.05, 4.69) is 11.1 Å². The molecule has 0 amide bonds. The molecular formula is C20H19NO4. The van der Waals surface area contributed by atoms with Gasteiger partial charge in [0.15, 0.2) is 5.70 Å². The van der Waals surface area contributed by atoms with Crippen molar-refractivity contribution < 1.29 is 19.0 Å². The van der Waals surface area contributed by atoms with Crippen molar-refractivity contribution in [1.82, 2.24) is 0 Å². The van der Waals surface area contributed by atoms with E-state index in [1.807, 2.05) is 26.0 Å². The summed E-state index contributed by atoms with van der Waals surface area (Å²) in [5.74, 6) is 0.954. The molecule has 0 aromatic heterocycles. The number of esters is 1. The van der Waals surface area contributed by atoms with Gasteiger partial charge in [0.25, 0.3) is 0 Å². The van der Waals surface area contributed by atoms with Gasteiger partial charge in [0.2, 0.25) is 5.90 Å². The summed E-state index contributed by atoms with van der Waals surface area (Å²) < 4.78 is 15.8. The second-order valence-corrected chi connectivity index (χ2v) is 5.80. The molecule has 0 spiro atoms. The maximum atomic E-state index is 12.2. The van der Waals surface area contributed by atoms with Crippen molar-refractivity contribution in [3.8, 4) is 11.5 Å². The van der Waals surface area contributed by atoms with Crippen LogP contribution in [0.1, 0.15) is 22.3 Å². The molecular weight excluding hydrogens is 318 g/mol. The molecule has 0 saturated carbocycles. The average Bonchev–Trinajstić information content (AvgIpc) is 2.97. The molecule has 0 radical (unpaired) electrons. The monoisotopic (exact) mass is 337 g/mol. The summed E-state index contributed by atoms with van der Waals surface area (Å²) >= 11 is 0. The van der Waals surface area contributed by atoms with Gasteiger partial charge in [-0.15, -0.1) is 0 Å². The summed E-state index contributed by atoms with van der Waals surface area (Å²) in [7, 11) is 3.12. The molecule has 0 aliphatic carbocycles. The molecule has 5 heteroatoms. The van der Waals surface area contributed by atoms with Crippen LogP contribution in [0.15, 0.2) is 47.1 Å². The lowest BCUT2D eigenvalue weighted by atomic mass is 10.0. The van der Waals surface area contributed by atoms with Gasteiger partial charge in [-0.3, -0.25) is 0 Å². The van der Waals surface area contributed by atoms with Crippen LogP contribution in [0, 0.1) is 13.8 Å². The molecule has 0 atom stereocenters. The number of rotatable bonds is 4. The SMILES string of the molecule is COc1cc(OC)cc(C2=N/C(=C\c3ccc(C)cc3C)C(=O)O2)c1. The number of methoxy groups -OCH3 is 2. The van der Waals surface area contributed by atoms with Crippen molar-refractivity contribution in [3.63, 3.8) is 0 Å². The molecule has 0 bridgehead atoms. The zero-order valence-corrected chi connectivity index (χ0v) is 14.6. The van der Waals surface area contributed by atoms with Crippen molar-refractivity contribution in [2.45, 2.75) is 13.8 Å². The topological polar surface area (TPSA) is 57.1 Å². The van der Waals surface area contributed by atoms with Crippen LogP contribution >= 0.6 is 0 Å². The highest BCUT2D eigenvalue weighted by atomic mass is 16.6. The summed E-state index contributed by atoms with van der Waals surface area (Å²) in [5, 5.41) is 0. The number of ether oxygens (including phenoxy) is 3. The van der Waals surface area contributed by atoms with E-state index in [-0.39, 0.29) is 11.6 Å². The fourth-order valence-corrected chi connectivity index (χ4v) is 2.60. The molecule has 5 nitrogen and oxygen atoms in total. The van der Waals surface area contributed by atoms with Gasteiger partial charge in [-0.25, -0.2) is 9.79 Å². The van der Waals surface area contributed by atoms with Crippen molar-refractivity contribution >= 4 is 17.9 Å². The molecule has 128 valence electrons. The second-order valence-electron chi connectivity index (χ2n) is 5.80. The number of hydrogen-bond donors (Lipinski definition) is 0. The minimum atomic E-state index is -0.475. The fourth-order valence-electron chi connectivity index (χ4n) is 2.60. The summed E-state index contributed by atoms with van der Waals surface area (Å²) in [5.41, 5.74) is 4.07. The predicted octanol–water partition coefficient (Wildman–Crippen LogP) is 3.67. The first-order valence-electron chi connectivity index (χ1n) is 7.83. The van der Waals surface area contributed by atoms with Crippen molar-refractivity contribution in [2.75, 3.05) is 14.2 Å². The Labute approximate surface area is 146 Å². The van der Waals surface area contributed by atoms with Gasteiger partial charge in [0, 0.05) is 11.6 Å². The van der Waals surface area contributed by atoms with Crippen LogP contribution < -0.4 is 9.47 Å². The zero-order chi connectivity index (χ0) is 18.0. The van der Waals surface area contributed by atoms with Gasteiger partial charge >= 0.3 is 5.97 Å². The van der Waals surface area contributed by atoms with Crippen LogP contribution in [0.2, 0.25) is 0 Å². The van der Waals surface area contributed by atoms with Crippen LogP contribution in [0.25, 0.3) is 6.08 Å². The van der Waals surface area contributed by atoms with E-state index in [4.69, 9.17) is 14.2 Å². The summed E-state index contributed by atoms with van der Waals surface area (Å²) in [6.07, 6.45) is 1.74. The third-order valence-corrected chi connectivity index (χ3v) is 3.94. The van der Waals surface area contributed by atoms with Gasteiger partial charge in [-0.2, -0.15) is 0 Å². The van der Waals surface area contributed by atoms with Gasteiger partial charge in [-0.1, -0.05) is 23.8 Å². The number of aliphatic imine (C=N–C) groups is 1. The maximum Gasteiger partial charge on any atom is 0.363 e. The highest BCUT2D eigenvalue weighted by Gasteiger charge is 2.25. The van der Waals surface area contributed by atoms with E-state index in [9.17, 15) is 4.79 Å². The van der Waals surface area contributed by atoms with Gasteiger partial charge in [-0.05, 0) is 43.2 Å². The van der Waals surface area contributed by atoms with Crippen molar-refractivity contribution in [1.29, 1.82) is 0 Å². The Morgan fingerprint density at radius 3 is 2.28 bits per heavy atom. The number of nitrogens with zero attached hydrogens (tertiary/aromatic N) is 1. The Morgan fingerprint density at radius 1 is 1.00 bits per heavy atom. The van der Waals surface area contributed by atoms with E-state index in [1.54, 1.807) is 38.5 Å². The number of carbonyl (C=O) groups excluding carboxylic acids is 1. The van der Waals surface area contributed by atoms with Crippen LogP contribution in [-0.4, -0.2) is 26.1 Å². The summed E-state index contributed by atoms with van der Waals surface area (Å²) in [4.78, 5) is 16.5. The van der Waals surface area contributed by atoms with E-state index >= 15 is 0 Å². The maximum absolute atomic E-state index is 12.2. The Bertz CT molecular complexity index is 874. The lowest BCUT2D eigenvalue weighted by molar-refractivity contribution is -0.129. The highest BCUT2D eigenvalue weighted by molar-refractivity contribution is 6.13. The molecule has 0 N–H and O–H groups in total. The highest BCUT2D eigenvalue weighted by Crippen LogP contribution is 2.26. The van der Waals surface area contributed by atoms with E-state index in [1.165, 1.54) is 5.56 Å². The lowest BCUT2D eigenvalue weighted by Gasteiger charge is -2.07. The minimum absolute atomic E-state index is 0.234. The molecule has 0 unspecified atom stereocenters. The first kappa shape index (κ1) is 16.8. The molecule has 2 aromatic rings. The van der Waals surface area contributed by atoms with Crippen molar-refractivity contribution in [3.05, 3.63) is 64.3 Å². The van der Waals surface area contributed by atoms with Crippen LogP contribution in [0.4, 0.5) is 0 Å². The zero-order valence-electron chi connectivity index (χ0n) is 14.6. The molecule has 1 aliphatic heterocycles. The lowest BCUT2D eigenvalue weighted by Crippen LogP contribution is -2.06. The van der Waals surface area contributed by atoms with Crippen LogP contribution in [-0.2, 0) is 9.53 Å². The smallest absolute Gasteiger partial charge is 0.363 e. The van der Waals surface area contributed by atoms with E-state index < -0.39 is 5.97 Å². The number of benzene rings is 2. The Morgan fingerprint density at radius 2 is 1.68 bits per heavy atom. The normalized spacial score (nSPS) is 15.1. The molecule has 2 aromatic carbocycles. The third kappa shape index (κ3) is 3.55. The number of hydrogen-bond acceptors (Lipinski definition) is 5. The molecule has 1 heterocycles. The number of cyclic esters (lactones) is 1. The Hall–Kier alpha value is -3.08. The number of aryl methyl sites for hydroxylation is 2. The van der Waals surface area contributed by atoms with Gasteiger partial charge in [0.05, 0.1) is 14.2 Å². The standard InChI is InChI=1S/C20H19NO4/c1-12-5-6-14(13(2)7-12)10-18-20(22)25-19(21-18)15-8-16(23-3)11-17(9-15)24-4/h5-11H,1-4H3/b18-10-. The van der Waals surface area contributed by atoms with E-state index in [0.717, 1.165) is 11.1 Å². The second kappa shape index (κ2) is 6.81.